The molecule has 1 saturated heterocycles. The summed E-state index contributed by atoms with van der Waals surface area (Å²) in [5.41, 5.74) is 3.12. The van der Waals surface area contributed by atoms with Crippen molar-refractivity contribution in [2.24, 2.45) is 0 Å². The number of benzene rings is 3. The summed E-state index contributed by atoms with van der Waals surface area (Å²) in [4.78, 5) is 42.4. The lowest BCUT2D eigenvalue weighted by molar-refractivity contribution is -0.121. The molecule has 1 fully saturated rings. The number of nitrogens with zero attached hydrogens (tertiary/aromatic N) is 2. The lowest BCUT2D eigenvalue weighted by atomic mass is 10.0. The zero-order valence-electron chi connectivity index (χ0n) is 19.4. The molecule has 0 N–H and O–H groups in total. The van der Waals surface area contributed by atoms with Crippen molar-refractivity contribution in [3.05, 3.63) is 89.0 Å². The molecule has 0 aliphatic carbocycles. The van der Waals surface area contributed by atoms with E-state index in [1.165, 1.54) is 20.3 Å². The number of barbiturate groups is 1. The van der Waals surface area contributed by atoms with Crippen LogP contribution in [0.3, 0.4) is 0 Å². The molecule has 3 aromatic rings. The molecule has 34 heavy (non-hydrogen) atoms. The van der Waals surface area contributed by atoms with Crippen molar-refractivity contribution in [2.75, 3.05) is 24.0 Å². The van der Waals surface area contributed by atoms with Gasteiger partial charge in [0.15, 0.2) is 11.5 Å². The number of methoxy groups -OCH3 is 2. The number of anilines is 2. The fourth-order valence-electron chi connectivity index (χ4n) is 3.68. The van der Waals surface area contributed by atoms with Crippen LogP contribution in [0.4, 0.5) is 16.2 Å². The third kappa shape index (κ3) is 4.15. The molecular weight excluding hydrogens is 432 g/mol. The van der Waals surface area contributed by atoms with Crippen LogP contribution >= 0.6 is 0 Å². The number of rotatable bonds is 5. The summed E-state index contributed by atoms with van der Waals surface area (Å²) in [5, 5.41) is 0. The highest BCUT2D eigenvalue weighted by atomic mass is 16.5. The number of carbonyl (C=O) groups excluding carboxylic acids is 3. The number of aryl methyl sites for hydroxylation is 2. The topological polar surface area (TPSA) is 76.2 Å². The number of amides is 4. The van der Waals surface area contributed by atoms with Gasteiger partial charge in [0.1, 0.15) is 5.57 Å². The predicted molar refractivity (Wildman–Crippen MR) is 130 cm³/mol. The minimum absolute atomic E-state index is 0.145. The first-order chi connectivity index (χ1) is 16.3. The molecular formula is C27H24N2O5. The first kappa shape index (κ1) is 22.8. The molecule has 0 aromatic heterocycles. The Morgan fingerprint density at radius 2 is 1.12 bits per heavy atom. The summed E-state index contributed by atoms with van der Waals surface area (Å²) in [5.74, 6) is -0.424. The molecule has 1 heterocycles. The Labute approximate surface area is 197 Å². The maximum absolute atomic E-state index is 13.5. The zero-order valence-corrected chi connectivity index (χ0v) is 19.4. The van der Waals surface area contributed by atoms with Crippen molar-refractivity contribution in [1.82, 2.24) is 0 Å². The molecule has 1 aliphatic rings. The van der Waals surface area contributed by atoms with E-state index < -0.39 is 17.8 Å². The highest BCUT2D eigenvalue weighted by Crippen LogP contribution is 2.32. The van der Waals surface area contributed by atoms with E-state index in [1.54, 1.807) is 66.7 Å². The van der Waals surface area contributed by atoms with Gasteiger partial charge in [-0.2, -0.15) is 0 Å². The zero-order chi connectivity index (χ0) is 24.4. The summed E-state index contributed by atoms with van der Waals surface area (Å²) in [6.07, 6.45) is 1.46. The Balaban J connectivity index is 1.86. The SMILES string of the molecule is COc1ccc(C=C2C(=O)N(c3ccc(C)cc3)C(=O)N(c3ccc(C)cc3)C2=O)cc1OC. The highest BCUT2D eigenvalue weighted by molar-refractivity contribution is 6.46. The number of imide groups is 2. The molecule has 0 saturated carbocycles. The minimum atomic E-state index is -0.729. The fraction of sp³-hybridized carbons (Fsp3) is 0.148. The van der Waals surface area contributed by atoms with E-state index in [0.717, 1.165) is 20.9 Å². The summed E-state index contributed by atoms with van der Waals surface area (Å²) in [6.45, 7) is 3.82. The molecule has 3 aromatic carbocycles. The normalized spacial score (nSPS) is 13.9. The third-order valence-electron chi connectivity index (χ3n) is 5.55. The molecule has 0 bridgehead atoms. The molecule has 4 amide bonds. The van der Waals surface area contributed by atoms with Crippen LogP contribution in [0.1, 0.15) is 16.7 Å². The van der Waals surface area contributed by atoms with Gasteiger partial charge in [-0.25, -0.2) is 14.6 Å². The van der Waals surface area contributed by atoms with Gasteiger partial charge in [0.2, 0.25) is 0 Å². The summed E-state index contributed by atoms with van der Waals surface area (Å²) in [7, 11) is 3.03. The van der Waals surface area contributed by atoms with E-state index in [4.69, 9.17) is 9.47 Å². The molecule has 172 valence electrons. The van der Waals surface area contributed by atoms with Gasteiger partial charge in [0, 0.05) is 0 Å². The van der Waals surface area contributed by atoms with Crippen molar-refractivity contribution in [1.29, 1.82) is 0 Å². The maximum atomic E-state index is 13.5. The largest absolute Gasteiger partial charge is 0.493 e. The van der Waals surface area contributed by atoms with Crippen molar-refractivity contribution >= 4 is 35.3 Å². The van der Waals surface area contributed by atoms with E-state index in [-0.39, 0.29) is 5.57 Å². The van der Waals surface area contributed by atoms with Crippen LogP contribution in [0.5, 0.6) is 11.5 Å². The molecule has 0 spiro atoms. The van der Waals surface area contributed by atoms with E-state index in [1.807, 2.05) is 13.8 Å². The lowest BCUT2D eigenvalue weighted by Gasteiger charge is -2.34. The van der Waals surface area contributed by atoms with Gasteiger partial charge in [-0.05, 0) is 61.9 Å². The number of ether oxygens (including phenoxy) is 2. The van der Waals surface area contributed by atoms with Crippen LogP contribution in [0.25, 0.3) is 6.08 Å². The summed E-state index contributed by atoms with van der Waals surface area (Å²) in [6, 6.07) is 18.3. The first-order valence-electron chi connectivity index (χ1n) is 10.6. The van der Waals surface area contributed by atoms with Gasteiger partial charge in [-0.3, -0.25) is 9.59 Å². The Morgan fingerprint density at radius 1 is 0.647 bits per heavy atom. The molecule has 0 atom stereocenters. The third-order valence-corrected chi connectivity index (χ3v) is 5.55. The predicted octanol–water partition coefficient (Wildman–Crippen LogP) is 4.90. The minimum Gasteiger partial charge on any atom is -0.493 e. The van der Waals surface area contributed by atoms with E-state index in [0.29, 0.717) is 28.4 Å². The Morgan fingerprint density at radius 3 is 1.56 bits per heavy atom. The monoisotopic (exact) mass is 456 g/mol. The molecule has 4 rings (SSSR count). The second-order valence-electron chi connectivity index (χ2n) is 7.91. The number of carbonyl (C=O) groups is 3. The van der Waals surface area contributed by atoms with Crippen LogP contribution in [0.15, 0.2) is 72.3 Å². The average molecular weight is 456 g/mol. The quantitative estimate of drug-likeness (QED) is 0.403. The van der Waals surface area contributed by atoms with E-state index in [2.05, 4.69) is 0 Å². The van der Waals surface area contributed by atoms with Gasteiger partial charge in [-0.15, -0.1) is 0 Å². The second kappa shape index (κ2) is 9.23. The molecule has 1 aliphatic heterocycles. The van der Waals surface area contributed by atoms with Crippen LogP contribution in [-0.2, 0) is 9.59 Å². The molecule has 0 unspecified atom stereocenters. The van der Waals surface area contributed by atoms with Gasteiger partial charge in [0.05, 0.1) is 25.6 Å². The molecule has 7 nitrogen and oxygen atoms in total. The van der Waals surface area contributed by atoms with Gasteiger partial charge < -0.3 is 9.47 Å². The Kier molecular flexibility index (Phi) is 6.19. The smallest absolute Gasteiger partial charge is 0.343 e. The number of urea groups is 1. The average Bonchev–Trinajstić information content (AvgIpc) is 2.84. The molecule has 0 radical (unpaired) electrons. The molecule has 7 heteroatoms. The lowest BCUT2D eigenvalue weighted by Crippen LogP contribution is -2.57. The van der Waals surface area contributed by atoms with Crippen LogP contribution in [0.2, 0.25) is 0 Å². The van der Waals surface area contributed by atoms with Crippen LogP contribution in [-0.4, -0.2) is 32.1 Å². The summed E-state index contributed by atoms with van der Waals surface area (Å²) >= 11 is 0. The van der Waals surface area contributed by atoms with Crippen molar-refractivity contribution in [2.45, 2.75) is 13.8 Å². The van der Waals surface area contributed by atoms with Gasteiger partial charge in [0.25, 0.3) is 11.8 Å². The maximum Gasteiger partial charge on any atom is 0.343 e. The van der Waals surface area contributed by atoms with Crippen LogP contribution in [0, 0.1) is 13.8 Å². The number of hydrogen-bond donors (Lipinski definition) is 0. The van der Waals surface area contributed by atoms with Crippen molar-refractivity contribution in [3.8, 4) is 11.5 Å². The Bertz CT molecular complexity index is 1220. The van der Waals surface area contributed by atoms with Crippen molar-refractivity contribution in [3.63, 3.8) is 0 Å². The van der Waals surface area contributed by atoms with Crippen molar-refractivity contribution < 1.29 is 23.9 Å². The van der Waals surface area contributed by atoms with E-state index >= 15 is 0 Å². The van der Waals surface area contributed by atoms with Gasteiger partial charge in [-0.1, -0.05) is 41.5 Å². The second-order valence-corrected chi connectivity index (χ2v) is 7.91. The van der Waals surface area contributed by atoms with Crippen LogP contribution < -0.4 is 19.3 Å². The summed E-state index contributed by atoms with van der Waals surface area (Å²) < 4.78 is 10.6. The standard InChI is InChI=1S/C27H24N2O5/c1-17-5-10-20(11-6-17)28-25(30)22(15-19-9-14-23(33-3)24(16-19)34-4)26(31)29(27(28)32)21-12-7-18(2)8-13-21/h5-16H,1-4H3. The number of hydrogen-bond acceptors (Lipinski definition) is 5. The van der Waals surface area contributed by atoms with Gasteiger partial charge >= 0.3 is 6.03 Å². The first-order valence-corrected chi connectivity index (χ1v) is 10.6. The highest BCUT2D eigenvalue weighted by Gasteiger charge is 2.43. The van der Waals surface area contributed by atoms with E-state index in [9.17, 15) is 14.4 Å². The Hall–Kier alpha value is -4.39. The fourth-order valence-corrected chi connectivity index (χ4v) is 3.68.